The van der Waals surface area contributed by atoms with Gasteiger partial charge in [-0.1, -0.05) is 18.2 Å². The summed E-state index contributed by atoms with van der Waals surface area (Å²) >= 11 is 0. The summed E-state index contributed by atoms with van der Waals surface area (Å²) in [5.41, 5.74) is 4.14. The zero-order valence-electron chi connectivity index (χ0n) is 13.7. The summed E-state index contributed by atoms with van der Waals surface area (Å²) in [6.07, 6.45) is 9.40. The number of nitrogens with one attached hydrogen (secondary N) is 1. The maximum Gasteiger partial charge on any atom is 0.220 e. The zero-order valence-corrected chi connectivity index (χ0v) is 13.7. The van der Waals surface area contributed by atoms with Gasteiger partial charge in [-0.15, -0.1) is 0 Å². The van der Waals surface area contributed by atoms with Crippen LogP contribution in [-0.4, -0.2) is 20.7 Å². The number of aromatic nitrogens is 3. The third-order valence-corrected chi connectivity index (χ3v) is 4.51. The number of hydrogen-bond acceptors (Lipinski definition) is 3. The summed E-state index contributed by atoms with van der Waals surface area (Å²) in [5, 5.41) is 7.14. The Morgan fingerprint density at radius 3 is 2.91 bits per heavy atom. The Kier molecular flexibility index (Phi) is 5.05. The number of nitrogens with zero attached hydrogens (tertiary/aromatic N) is 3. The number of carbonyl (C=O) groups is 1. The molecule has 1 unspecified atom stereocenters. The smallest absolute Gasteiger partial charge is 0.220 e. The van der Waals surface area contributed by atoms with E-state index in [0.29, 0.717) is 6.42 Å². The fourth-order valence-corrected chi connectivity index (χ4v) is 3.17. The molecule has 1 aromatic heterocycles. The second kappa shape index (κ2) is 7.40. The highest BCUT2D eigenvalue weighted by molar-refractivity contribution is 5.76. The number of fused-ring (bicyclic) bond motifs is 1. The van der Waals surface area contributed by atoms with Crippen LogP contribution >= 0.6 is 0 Å². The van der Waals surface area contributed by atoms with Gasteiger partial charge in [-0.3, -0.25) is 9.48 Å². The van der Waals surface area contributed by atoms with Crippen LogP contribution < -0.4 is 5.32 Å². The lowest BCUT2D eigenvalue weighted by atomic mass is 9.89. The fraction of sp³-hybridized carbons (Fsp3) is 0.500. The first-order valence-corrected chi connectivity index (χ1v) is 8.46. The molecule has 3 rings (SSSR count). The Labute approximate surface area is 137 Å². The van der Waals surface area contributed by atoms with Crippen LogP contribution in [0.5, 0.6) is 0 Å². The molecule has 1 atom stereocenters. The molecule has 0 radical (unpaired) electrons. The molecule has 0 spiro atoms. The van der Waals surface area contributed by atoms with E-state index in [-0.39, 0.29) is 11.9 Å². The lowest BCUT2D eigenvalue weighted by molar-refractivity contribution is -0.121. The van der Waals surface area contributed by atoms with Crippen LogP contribution in [0.4, 0.5) is 0 Å². The first-order chi connectivity index (χ1) is 11.2. The standard InChI is InChI=1S/C18H24N4O/c1-14(16-9-8-15-5-2-3-6-17(15)11-16)21-18(23)7-4-10-22-13-19-12-20-22/h8-9,11-14H,2-7,10H2,1H3,(H,21,23). The van der Waals surface area contributed by atoms with Gasteiger partial charge in [-0.2, -0.15) is 5.10 Å². The highest BCUT2D eigenvalue weighted by atomic mass is 16.1. The summed E-state index contributed by atoms with van der Waals surface area (Å²) in [6, 6.07) is 6.72. The highest BCUT2D eigenvalue weighted by Crippen LogP contribution is 2.24. The van der Waals surface area contributed by atoms with Gasteiger partial charge in [0, 0.05) is 13.0 Å². The molecule has 1 aromatic carbocycles. The van der Waals surface area contributed by atoms with Gasteiger partial charge in [0.2, 0.25) is 5.91 Å². The third-order valence-electron chi connectivity index (χ3n) is 4.51. The third kappa shape index (κ3) is 4.18. The van der Waals surface area contributed by atoms with Crippen molar-refractivity contribution in [1.82, 2.24) is 20.1 Å². The Morgan fingerprint density at radius 2 is 2.13 bits per heavy atom. The van der Waals surface area contributed by atoms with E-state index in [2.05, 4.69) is 40.5 Å². The molecule has 23 heavy (non-hydrogen) atoms. The molecule has 0 fully saturated rings. The molecule has 122 valence electrons. The Hall–Kier alpha value is -2.17. The Balaban J connectivity index is 1.50. The molecule has 2 aromatic rings. The molecule has 0 bridgehead atoms. The fourth-order valence-electron chi connectivity index (χ4n) is 3.17. The van der Waals surface area contributed by atoms with Gasteiger partial charge in [0.1, 0.15) is 12.7 Å². The lowest BCUT2D eigenvalue weighted by Gasteiger charge is -2.20. The van der Waals surface area contributed by atoms with Crippen molar-refractivity contribution in [3.63, 3.8) is 0 Å². The van der Waals surface area contributed by atoms with Gasteiger partial charge in [0.25, 0.3) is 0 Å². The average molecular weight is 312 g/mol. The van der Waals surface area contributed by atoms with Crippen molar-refractivity contribution in [1.29, 1.82) is 0 Å². The number of carbonyl (C=O) groups excluding carboxylic acids is 1. The van der Waals surface area contributed by atoms with Crippen LogP contribution in [-0.2, 0) is 24.2 Å². The minimum absolute atomic E-state index is 0.0566. The van der Waals surface area contributed by atoms with E-state index in [1.165, 1.54) is 48.7 Å². The van der Waals surface area contributed by atoms with Crippen molar-refractivity contribution >= 4 is 5.91 Å². The zero-order chi connectivity index (χ0) is 16.1. The molecule has 0 saturated carbocycles. The van der Waals surface area contributed by atoms with Crippen LogP contribution in [0.3, 0.4) is 0 Å². The number of amides is 1. The van der Waals surface area contributed by atoms with Gasteiger partial charge in [-0.05, 0) is 55.7 Å². The van der Waals surface area contributed by atoms with E-state index in [9.17, 15) is 4.79 Å². The SMILES string of the molecule is CC(NC(=O)CCCn1cncn1)c1ccc2c(c1)CCCC2. The second-order valence-electron chi connectivity index (χ2n) is 6.29. The highest BCUT2D eigenvalue weighted by Gasteiger charge is 2.14. The van der Waals surface area contributed by atoms with Crippen LogP contribution in [0.1, 0.15) is 55.3 Å². The van der Waals surface area contributed by atoms with Crippen molar-refractivity contribution in [3.8, 4) is 0 Å². The first kappa shape index (κ1) is 15.7. The molecular formula is C18H24N4O. The minimum atomic E-state index is 0.0566. The van der Waals surface area contributed by atoms with Gasteiger partial charge >= 0.3 is 0 Å². The summed E-state index contributed by atoms with van der Waals surface area (Å²) in [4.78, 5) is 16.0. The van der Waals surface area contributed by atoms with Crippen LogP contribution in [0.2, 0.25) is 0 Å². The topological polar surface area (TPSA) is 59.8 Å². The van der Waals surface area contributed by atoms with E-state index in [0.717, 1.165) is 13.0 Å². The molecule has 0 aliphatic heterocycles. The number of aryl methyl sites for hydroxylation is 3. The average Bonchev–Trinajstić information content (AvgIpc) is 3.07. The van der Waals surface area contributed by atoms with Gasteiger partial charge in [0.15, 0.2) is 0 Å². The second-order valence-corrected chi connectivity index (χ2v) is 6.29. The molecule has 1 N–H and O–H groups in total. The van der Waals surface area contributed by atoms with Crippen molar-refractivity contribution in [2.45, 2.75) is 58.0 Å². The van der Waals surface area contributed by atoms with Crippen molar-refractivity contribution in [3.05, 3.63) is 47.5 Å². The Bertz CT molecular complexity index is 651. The van der Waals surface area contributed by atoms with Crippen molar-refractivity contribution in [2.24, 2.45) is 0 Å². The molecule has 1 heterocycles. The van der Waals surface area contributed by atoms with Gasteiger partial charge in [-0.25, -0.2) is 4.98 Å². The quantitative estimate of drug-likeness (QED) is 0.892. The summed E-state index contributed by atoms with van der Waals surface area (Å²) in [6.45, 7) is 2.78. The lowest BCUT2D eigenvalue weighted by Crippen LogP contribution is -2.26. The van der Waals surface area contributed by atoms with E-state index in [1.807, 2.05) is 0 Å². The molecular weight excluding hydrogens is 288 g/mol. The molecule has 0 saturated heterocycles. The summed E-state index contributed by atoms with van der Waals surface area (Å²) < 4.78 is 1.75. The first-order valence-electron chi connectivity index (χ1n) is 8.46. The van der Waals surface area contributed by atoms with E-state index in [4.69, 9.17) is 0 Å². The van der Waals surface area contributed by atoms with E-state index in [1.54, 1.807) is 11.0 Å². The number of rotatable bonds is 6. The molecule has 1 aliphatic carbocycles. The molecule has 5 heteroatoms. The van der Waals surface area contributed by atoms with E-state index >= 15 is 0 Å². The van der Waals surface area contributed by atoms with Gasteiger partial charge in [0.05, 0.1) is 6.04 Å². The van der Waals surface area contributed by atoms with Crippen molar-refractivity contribution < 1.29 is 4.79 Å². The maximum absolute atomic E-state index is 12.1. The predicted octanol–water partition coefficient (Wildman–Crippen LogP) is 2.81. The maximum atomic E-state index is 12.1. The van der Waals surface area contributed by atoms with Crippen LogP contribution in [0.25, 0.3) is 0 Å². The number of hydrogen-bond donors (Lipinski definition) is 1. The minimum Gasteiger partial charge on any atom is -0.350 e. The summed E-state index contributed by atoms with van der Waals surface area (Å²) in [7, 11) is 0. The monoisotopic (exact) mass is 312 g/mol. The summed E-state index contributed by atoms with van der Waals surface area (Å²) in [5.74, 6) is 0.0929. The Morgan fingerprint density at radius 1 is 1.30 bits per heavy atom. The molecule has 5 nitrogen and oxygen atoms in total. The largest absolute Gasteiger partial charge is 0.350 e. The van der Waals surface area contributed by atoms with E-state index < -0.39 is 0 Å². The van der Waals surface area contributed by atoms with Crippen LogP contribution in [0.15, 0.2) is 30.9 Å². The molecule has 1 amide bonds. The predicted molar refractivity (Wildman–Crippen MR) is 88.9 cm³/mol. The van der Waals surface area contributed by atoms with Gasteiger partial charge < -0.3 is 5.32 Å². The normalized spacial score (nSPS) is 15.0. The van der Waals surface area contributed by atoms with Crippen LogP contribution in [0, 0.1) is 0 Å². The number of benzene rings is 1. The van der Waals surface area contributed by atoms with Crippen molar-refractivity contribution in [2.75, 3.05) is 0 Å². The molecule has 1 aliphatic rings.